The Kier molecular flexibility index (Phi) is 4.53. The Bertz CT molecular complexity index is 603. The third kappa shape index (κ3) is 3.55. The fraction of sp³-hybridized carbons (Fsp3) is 0.250. The molecule has 21 heavy (non-hydrogen) atoms. The minimum Gasteiger partial charge on any atom is -0.491 e. The highest BCUT2D eigenvalue weighted by molar-refractivity contribution is 5.36. The lowest BCUT2D eigenvalue weighted by atomic mass is 9.98. The molecule has 0 aliphatic heterocycles. The molecule has 2 N–H and O–H groups in total. The van der Waals surface area contributed by atoms with Crippen LogP contribution in [-0.4, -0.2) is 6.10 Å². The van der Waals surface area contributed by atoms with E-state index in [0.29, 0.717) is 23.4 Å². The van der Waals surface area contributed by atoms with Crippen LogP contribution in [0.4, 0.5) is 13.2 Å². The van der Waals surface area contributed by atoms with E-state index in [4.69, 9.17) is 10.5 Å². The van der Waals surface area contributed by atoms with E-state index in [-0.39, 0.29) is 11.7 Å². The normalized spacial score (nSPS) is 12.5. The third-order valence-corrected chi connectivity index (χ3v) is 2.97. The third-order valence-electron chi connectivity index (χ3n) is 2.97. The van der Waals surface area contributed by atoms with Crippen molar-refractivity contribution in [2.45, 2.75) is 26.0 Å². The number of ether oxygens (including phenoxy) is 1. The number of hydrogen-bond acceptors (Lipinski definition) is 2. The highest BCUT2D eigenvalue weighted by Crippen LogP contribution is 2.27. The molecule has 0 aliphatic carbocycles. The van der Waals surface area contributed by atoms with Crippen molar-refractivity contribution in [3.8, 4) is 5.75 Å². The average molecular weight is 295 g/mol. The average Bonchev–Trinajstić information content (AvgIpc) is 2.37. The minimum atomic E-state index is -1.02. The van der Waals surface area contributed by atoms with Crippen LogP contribution in [0, 0.1) is 17.5 Å². The number of halogens is 3. The maximum Gasteiger partial charge on any atom is 0.134 e. The second kappa shape index (κ2) is 6.18. The van der Waals surface area contributed by atoms with Gasteiger partial charge in [0.2, 0.25) is 0 Å². The summed E-state index contributed by atoms with van der Waals surface area (Å²) in [5.74, 6) is -2.33. The molecule has 0 radical (unpaired) electrons. The fourth-order valence-corrected chi connectivity index (χ4v) is 2.04. The Balaban J connectivity index is 2.30. The molecule has 2 nitrogen and oxygen atoms in total. The summed E-state index contributed by atoms with van der Waals surface area (Å²) >= 11 is 0. The molecule has 0 heterocycles. The van der Waals surface area contributed by atoms with Crippen molar-refractivity contribution < 1.29 is 17.9 Å². The van der Waals surface area contributed by atoms with Gasteiger partial charge in [0, 0.05) is 17.7 Å². The molecule has 0 amide bonds. The molecule has 0 saturated heterocycles. The van der Waals surface area contributed by atoms with Gasteiger partial charge in [-0.25, -0.2) is 13.2 Å². The van der Waals surface area contributed by atoms with Gasteiger partial charge < -0.3 is 10.5 Å². The van der Waals surface area contributed by atoms with E-state index in [2.05, 4.69) is 0 Å². The Labute approximate surface area is 121 Å². The summed E-state index contributed by atoms with van der Waals surface area (Å²) in [6.45, 7) is 3.78. The molecule has 0 spiro atoms. The number of nitrogens with two attached hydrogens (primary N) is 1. The van der Waals surface area contributed by atoms with Crippen LogP contribution in [0.1, 0.15) is 31.0 Å². The monoisotopic (exact) mass is 295 g/mol. The summed E-state index contributed by atoms with van der Waals surface area (Å²) in [6, 6.07) is 6.83. The molecule has 0 bridgehead atoms. The Morgan fingerprint density at radius 3 is 1.95 bits per heavy atom. The van der Waals surface area contributed by atoms with E-state index in [1.54, 1.807) is 24.3 Å². The van der Waals surface area contributed by atoms with E-state index in [1.165, 1.54) is 0 Å². The fourth-order valence-electron chi connectivity index (χ4n) is 2.04. The molecular weight excluding hydrogens is 279 g/mol. The summed E-state index contributed by atoms with van der Waals surface area (Å²) in [7, 11) is 0. The standard InChI is InChI=1S/C16H16F3NO/c1-9(2)21-12-5-3-10(4-6-12)16(20)15-13(18)7-11(17)8-14(15)19/h3-9,16H,20H2,1-2H3. The lowest BCUT2D eigenvalue weighted by Gasteiger charge is -2.16. The zero-order valence-electron chi connectivity index (χ0n) is 11.7. The molecule has 1 unspecified atom stereocenters. The van der Waals surface area contributed by atoms with Crippen molar-refractivity contribution in [1.29, 1.82) is 0 Å². The molecule has 112 valence electrons. The molecule has 5 heteroatoms. The predicted octanol–water partition coefficient (Wildman–Crippen LogP) is 3.94. The van der Waals surface area contributed by atoms with Gasteiger partial charge in [0.25, 0.3) is 0 Å². The Hall–Kier alpha value is -2.01. The van der Waals surface area contributed by atoms with Gasteiger partial charge >= 0.3 is 0 Å². The zero-order valence-corrected chi connectivity index (χ0v) is 11.7. The maximum absolute atomic E-state index is 13.7. The van der Waals surface area contributed by atoms with Crippen LogP contribution in [0.2, 0.25) is 0 Å². The van der Waals surface area contributed by atoms with Gasteiger partial charge in [-0.15, -0.1) is 0 Å². The molecule has 0 aromatic heterocycles. The predicted molar refractivity (Wildman–Crippen MR) is 74.6 cm³/mol. The topological polar surface area (TPSA) is 35.2 Å². The highest BCUT2D eigenvalue weighted by Gasteiger charge is 2.19. The van der Waals surface area contributed by atoms with E-state index >= 15 is 0 Å². The van der Waals surface area contributed by atoms with Gasteiger partial charge in [-0.3, -0.25) is 0 Å². The lowest BCUT2D eigenvalue weighted by molar-refractivity contribution is 0.242. The van der Waals surface area contributed by atoms with Crippen molar-refractivity contribution in [3.05, 3.63) is 65.0 Å². The number of hydrogen-bond donors (Lipinski definition) is 1. The van der Waals surface area contributed by atoms with Crippen LogP contribution >= 0.6 is 0 Å². The van der Waals surface area contributed by atoms with E-state index in [0.717, 1.165) is 0 Å². The van der Waals surface area contributed by atoms with Gasteiger partial charge in [-0.1, -0.05) is 12.1 Å². The van der Waals surface area contributed by atoms with Gasteiger partial charge in [-0.05, 0) is 31.5 Å². The SMILES string of the molecule is CC(C)Oc1ccc(C(N)c2c(F)cc(F)cc2F)cc1. The van der Waals surface area contributed by atoms with Crippen molar-refractivity contribution in [1.82, 2.24) is 0 Å². The van der Waals surface area contributed by atoms with Gasteiger partial charge in [0.05, 0.1) is 12.1 Å². The first kappa shape index (κ1) is 15.4. The van der Waals surface area contributed by atoms with Crippen molar-refractivity contribution in [3.63, 3.8) is 0 Å². The van der Waals surface area contributed by atoms with Gasteiger partial charge in [0.1, 0.15) is 23.2 Å². The van der Waals surface area contributed by atoms with E-state index < -0.39 is 23.5 Å². The summed E-state index contributed by atoms with van der Waals surface area (Å²) < 4.78 is 45.8. The lowest BCUT2D eigenvalue weighted by Crippen LogP contribution is -2.16. The van der Waals surface area contributed by atoms with Crippen molar-refractivity contribution >= 4 is 0 Å². The first-order chi connectivity index (χ1) is 9.88. The summed E-state index contributed by atoms with van der Waals surface area (Å²) in [6.07, 6.45) is 0.0245. The van der Waals surface area contributed by atoms with E-state index in [9.17, 15) is 13.2 Å². The second-order valence-corrected chi connectivity index (χ2v) is 5.00. The van der Waals surface area contributed by atoms with Crippen molar-refractivity contribution in [2.24, 2.45) is 5.73 Å². The van der Waals surface area contributed by atoms with Crippen molar-refractivity contribution in [2.75, 3.05) is 0 Å². The molecule has 2 aromatic rings. The maximum atomic E-state index is 13.7. The minimum absolute atomic E-state index is 0.0245. The molecule has 0 fully saturated rings. The Morgan fingerprint density at radius 1 is 0.952 bits per heavy atom. The molecule has 0 aliphatic rings. The van der Waals surface area contributed by atoms with Crippen LogP contribution in [0.25, 0.3) is 0 Å². The van der Waals surface area contributed by atoms with Crippen LogP contribution in [0.15, 0.2) is 36.4 Å². The summed E-state index contributed by atoms with van der Waals surface area (Å²) in [5, 5.41) is 0. The first-order valence-corrected chi connectivity index (χ1v) is 6.55. The molecule has 2 rings (SSSR count). The van der Waals surface area contributed by atoms with Crippen LogP contribution in [0.3, 0.4) is 0 Å². The molecule has 2 aromatic carbocycles. The van der Waals surface area contributed by atoms with Gasteiger partial charge in [0.15, 0.2) is 0 Å². The number of rotatable bonds is 4. The second-order valence-electron chi connectivity index (χ2n) is 5.00. The summed E-state index contributed by atoms with van der Waals surface area (Å²) in [5.41, 5.74) is 6.03. The smallest absolute Gasteiger partial charge is 0.134 e. The Morgan fingerprint density at radius 2 is 1.48 bits per heavy atom. The molecule has 0 saturated carbocycles. The van der Waals surface area contributed by atoms with E-state index in [1.807, 2.05) is 13.8 Å². The quantitative estimate of drug-likeness (QED) is 0.927. The molecular formula is C16H16F3NO. The van der Waals surface area contributed by atoms with Crippen LogP contribution < -0.4 is 10.5 Å². The number of benzene rings is 2. The largest absolute Gasteiger partial charge is 0.491 e. The molecule has 1 atom stereocenters. The van der Waals surface area contributed by atoms with Crippen LogP contribution in [-0.2, 0) is 0 Å². The summed E-state index contributed by atoms with van der Waals surface area (Å²) in [4.78, 5) is 0. The van der Waals surface area contributed by atoms with Gasteiger partial charge in [-0.2, -0.15) is 0 Å². The first-order valence-electron chi connectivity index (χ1n) is 6.55. The highest BCUT2D eigenvalue weighted by atomic mass is 19.1. The zero-order chi connectivity index (χ0) is 15.6. The van der Waals surface area contributed by atoms with Crippen LogP contribution in [0.5, 0.6) is 5.75 Å².